The van der Waals surface area contributed by atoms with Gasteiger partial charge in [0, 0.05) is 24.7 Å². The highest BCUT2D eigenvalue weighted by molar-refractivity contribution is 5.69. The lowest BCUT2D eigenvalue weighted by atomic mass is 10.1. The molecule has 4 heteroatoms. The monoisotopic (exact) mass is 236 g/mol. The molecular formula is C13H20N2O2. The summed E-state index contributed by atoms with van der Waals surface area (Å²) in [7, 11) is 0. The number of carboxylic acid groups (broad SMARTS) is 1. The number of carbonyl (C=O) groups is 1. The van der Waals surface area contributed by atoms with Crippen molar-refractivity contribution < 1.29 is 9.90 Å². The smallest absolute Gasteiger partial charge is 0.317 e. The van der Waals surface area contributed by atoms with Gasteiger partial charge in [0.15, 0.2) is 0 Å². The van der Waals surface area contributed by atoms with Crippen LogP contribution in [0.5, 0.6) is 0 Å². The fourth-order valence-corrected chi connectivity index (χ4v) is 2.81. The summed E-state index contributed by atoms with van der Waals surface area (Å²) in [6.07, 6.45) is 8.94. The van der Waals surface area contributed by atoms with Gasteiger partial charge in [-0.15, -0.1) is 6.42 Å². The van der Waals surface area contributed by atoms with Crippen molar-refractivity contribution in [3.8, 4) is 12.3 Å². The Morgan fingerprint density at radius 3 is 2.82 bits per heavy atom. The molecule has 1 aliphatic carbocycles. The summed E-state index contributed by atoms with van der Waals surface area (Å²) in [4.78, 5) is 15.3. The molecule has 17 heavy (non-hydrogen) atoms. The predicted molar refractivity (Wildman–Crippen MR) is 65.6 cm³/mol. The largest absolute Gasteiger partial charge is 0.480 e. The quantitative estimate of drug-likeness (QED) is 0.711. The summed E-state index contributed by atoms with van der Waals surface area (Å²) in [5, 5.41) is 8.90. The lowest BCUT2D eigenvalue weighted by Crippen LogP contribution is -2.41. The standard InChI is InChI=1S/C13H20N2O2/c1-3-6-14(9-13(16)17)12-7-10(2)15(8-12)11-4-5-11/h1,10-12H,4-9H2,2H3,(H,16,17). The van der Waals surface area contributed by atoms with E-state index in [-0.39, 0.29) is 6.54 Å². The molecule has 0 aromatic carbocycles. The van der Waals surface area contributed by atoms with Crippen molar-refractivity contribution in [2.45, 2.75) is 44.3 Å². The summed E-state index contributed by atoms with van der Waals surface area (Å²) in [6, 6.07) is 1.60. The molecule has 2 fully saturated rings. The number of aliphatic carboxylic acids is 1. The average Bonchev–Trinajstić information content (AvgIpc) is 3.01. The molecule has 0 bridgehead atoms. The number of hydrogen-bond donors (Lipinski definition) is 1. The van der Waals surface area contributed by atoms with Crippen molar-refractivity contribution >= 4 is 5.97 Å². The van der Waals surface area contributed by atoms with Crippen LogP contribution in [0.1, 0.15) is 26.2 Å². The lowest BCUT2D eigenvalue weighted by Gasteiger charge is -2.25. The Morgan fingerprint density at radius 2 is 2.29 bits per heavy atom. The van der Waals surface area contributed by atoms with E-state index in [0.717, 1.165) is 19.0 Å². The van der Waals surface area contributed by atoms with Crippen molar-refractivity contribution in [1.29, 1.82) is 0 Å². The van der Waals surface area contributed by atoms with Crippen LogP contribution in [0.15, 0.2) is 0 Å². The molecule has 2 unspecified atom stereocenters. The molecule has 4 nitrogen and oxygen atoms in total. The van der Waals surface area contributed by atoms with Crippen molar-refractivity contribution in [3.63, 3.8) is 0 Å². The van der Waals surface area contributed by atoms with Crippen LogP contribution >= 0.6 is 0 Å². The van der Waals surface area contributed by atoms with Crippen molar-refractivity contribution in [2.75, 3.05) is 19.6 Å². The maximum absolute atomic E-state index is 10.8. The Bertz CT molecular complexity index is 333. The molecular weight excluding hydrogens is 216 g/mol. The van der Waals surface area contributed by atoms with Gasteiger partial charge in [-0.2, -0.15) is 0 Å². The zero-order valence-corrected chi connectivity index (χ0v) is 10.3. The molecule has 2 atom stereocenters. The molecule has 94 valence electrons. The molecule has 2 rings (SSSR count). The number of nitrogens with zero attached hydrogens (tertiary/aromatic N) is 2. The molecule has 0 radical (unpaired) electrons. The van der Waals surface area contributed by atoms with E-state index in [0.29, 0.717) is 18.6 Å². The minimum absolute atomic E-state index is 0.0556. The van der Waals surface area contributed by atoms with Crippen molar-refractivity contribution in [3.05, 3.63) is 0 Å². The third-order valence-corrected chi connectivity index (χ3v) is 3.77. The zero-order chi connectivity index (χ0) is 12.4. The first-order valence-electron chi connectivity index (χ1n) is 6.27. The molecule has 2 aliphatic rings. The second kappa shape index (κ2) is 5.07. The van der Waals surface area contributed by atoms with Gasteiger partial charge < -0.3 is 5.11 Å². The van der Waals surface area contributed by atoms with Gasteiger partial charge in [0.2, 0.25) is 0 Å². The van der Waals surface area contributed by atoms with E-state index < -0.39 is 5.97 Å². The lowest BCUT2D eigenvalue weighted by molar-refractivity contribution is -0.138. The molecule has 1 saturated carbocycles. The Hall–Kier alpha value is -1.05. The minimum Gasteiger partial charge on any atom is -0.480 e. The molecule has 0 amide bonds. The van der Waals surface area contributed by atoms with Gasteiger partial charge in [-0.25, -0.2) is 0 Å². The molecule has 0 aromatic rings. The van der Waals surface area contributed by atoms with Crippen LogP contribution in [0.2, 0.25) is 0 Å². The van der Waals surface area contributed by atoms with Gasteiger partial charge in [0.1, 0.15) is 0 Å². The van der Waals surface area contributed by atoms with E-state index in [1.54, 1.807) is 0 Å². The predicted octanol–water partition coefficient (Wildman–Crippen LogP) is 0.631. The first-order chi connectivity index (χ1) is 8.11. The molecule has 1 saturated heterocycles. The topological polar surface area (TPSA) is 43.8 Å². The third kappa shape index (κ3) is 2.99. The highest BCUT2D eigenvalue weighted by Gasteiger charge is 2.40. The summed E-state index contributed by atoms with van der Waals surface area (Å²) >= 11 is 0. The number of carboxylic acids is 1. The maximum Gasteiger partial charge on any atom is 0.317 e. The summed E-state index contributed by atoms with van der Waals surface area (Å²) < 4.78 is 0. The first kappa shape index (κ1) is 12.4. The highest BCUT2D eigenvalue weighted by Crippen LogP contribution is 2.34. The van der Waals surface area contributed by atoms with Gasteiger partial charge in [-0.3, -0.25) is 14.6 Å². The van der Waals surface area contributed by atoms with E-state index in [4.69, 9.17) is 11.5 Å². The Balaban J connectivity index is 1.95. The van der Waals surface area contributed by atoms with E-state index >= 15 is 0 Å². The first-order valence-corrected chi connectivity index (χ1v) is 6.27. The van der Waals surface area contributed by atoms with Crippen molar-refractivity contribution in [2.24, 2.45) is 0 Å². The molecule has 1 heterocycles. The number of rotatable bonds is 5. The van der Waals surface area contributed by atoms with Crippen LogP contribution in [0.3, 0.4) is 0 Å². The molecule has 0 aromatic heterocycles. The van der Waals surface area contributed by atoms with E-state index in [1.807, 2.05) is 4.90 Å². The molecule has 0 spiro atoms. The molecule has 1 aliphatic heterocycles. The van der Waals surface area contributed by atoms with Crippen LogP contribution < -0.4 is 0 Å². The van der Waals surface area contributed by atoms with Crippen LogP contribution in [0.25, 0.3) is 0 Å². The van der Waals surface area contributed by atoms with E-state index in [1.165, 1.54) is 12.8 Å². The number of hydrogen-bond acceptors (Lipinski definition) is 3. The Labute approximate surface area is 103 Å². The van der Waals surface area contributed by atoms with Crippen LogP contribution in [0.4, 0.5) is 0 Å². The normalized spacial score (nSPS) is 29.5. The summed E-state index contributed by atoms with van der Waals surface area (Å²) in [5.41, 5.74) is 0. The fraction of sp³-hybridized carbons (Fsp3) is 0.769. The van der Waals surface area contributed by atoms with Crippen molar-refractivity contribution in [1.82, 2.24) is 9.80 Å². The zero-order valence-electron chi connectivity index (χ0n) is 10.3. The summed E-state index contributed by atoms with van der Waals surface area (Å²) in [6.45, 7) is 3.69. The second-order valence-corrected chi connectivity index (χ2v) is 5.17. The van der Waals surface area contributed by atoms with Crippen LogP contribution in [-0.4, -0.2) is 58.6 Å². The van der Waals surface area contributed by atoms with E-state index in [2.05, 4.69) is 17.7 Å². The van der Waals surface area contributed by atoms with Gasteiger partial charge >= 0.3 is 5.97 Å². The Morgan fingerprint density at radius 1 is 1.59 bits per heavy atom. The highest BCUT2D eigenvalue weighted by atomic mass is 16.4. The van der Waals surface area contributed by atoms with Gasteiger partial charge in [-0.05, 0) is 26.2 Å². The third-order valence-electron chi connectivity index (χ3n) is 3.77. The van der Waals surface area contributed by atoms with Crippen LogP contribution in [0, 0.1) is 12.3 Å². The van der Waals surface area contributed by atoms with Gasteiger partial charge in [-0.1, -0.05) is 5.92 Å². The number of likely N-dealkylation sites (tertiary alicyclic amines) is 1. The number of terminal acetylenes is 1. The van der Waals surface area contributed by atoms with E-state index in [9.17, 15) is 4.79 Å². The summed E-state index contributed by atoms with van der Waals surface area (Å²) in [5.74, 6) is 1.77. The maximum atomic E-state index is 10.8. The van der Waals surface area contributed by atoms with Gasteiger partial charge in [0.25, 0.3) is 0 Å². The average molecular weight is 236 g/mol. The Kier molecular flexibility index (Phi) is 3.70. The molecule has 1 N–H and O–H groups in total. The SMILES string of the molecule is C#CCN(CC(=O)O)C1CC(C)N(C2CC2)C1. The second-order valence-electron chi connectivity index (χ2n) is 5.17. The van der Waals surface area contributed by atoms with Gasteiger partial charge in [0.05, 0.1) is 13.1 Å². The fourth-order valence-electron chi connectivity index (χ4n) is 2.81. The minimum atomic E-state index is -0.794. The van der Waals surface area contributed by atoms with Crippen LogP contribution in [-0.2, 0) is 4.79 Å².